The van der Waals surface area contributed by atoms with Crippen molar-refractivity contribution in [3.05, 3.63) is 11.4 Å². The van der Waals surface area contributed by atoms with Crippen molar-refractivity contribution in [1.29, 1.82) is 0 Å². The van der Waals surface area contributed by atoms with E-state index in [4.69, 9.17) is 16.0 Å². The second-order valence-corrected chi connectivity index (χ2v) is 2.56. The molecule has 0 aromatic carbocycles. The summed E-state index contributed by atoms with van der Waals surface area (Å²) in [6.07, 6.45) is -0.578. The number of rotatable bonds is 5. The largest absolute Gasteiger partial charge is 0.481 e. The van der Waals surface area contributed by atoms with Gasteiger partial charge in [0.25, 0.3) is 0 Å². The maximum atomic E-state index is 11.2. The van der Waals surface area contributed by atoms with Crippen LogP contribution in [0.2, 0.25) is 0 Å². The van der Waals surface area contributed by atoms with Crippen LogP contribution in [0.15, 0.2) is 4.99 Å². The van der Waals surface area contributed by atoms with Crippen molar-refractivity contribution in [3.63, 3.8) is 0 Å². The zero-order valence-corrected chi connectivity index (χ0v) is 9.32. The predicted octanol–water partition coefficient (Wildman–Crippen LogP) is 1.64. The third-order valence-corrected chi connectivity index (χ3v) is 1.50. The molecule has 1 unspecified atom stereocenters. The number of ether oxygens (including phenoxy) is 2. The summed E-state index contributed by atoms with van der Waals surface area (Å²) < 4.78 is 9.85. The molecule has 0 aromatic heterocycles. The maximum Gasteiger partial charge on any atom is 0.415 e. The Hall–Kier alpha value is -1.57. The molecule has 0 amide bonds. The summed E-state index contributed by atoms with van der Waals surface area (Å²) in [6, 6.07) is 0. The Morgan fingerprint density at radius 3 is 2.33 bits per heavy atom. The fourth-order valence-corrected chi connectivity index (χ4v) is 0.885. The van der Waals surface area contributed by atoms with Crippen LogP contribution in [0, 0.1) is 6.57 Å². The molecule has 0 bridgehead atoms. The van der Waals surface area contributed by atoms with E-state index < -0.39 is 12.1 Å². The molecule has 0 radical (unpaired) electrons. The van der Waals surface area contributed by atoms with Crippen LogP contribution in [-0.2, 0) is 14.3 Å². The number of carbonyl (C=O) groups excluding carboxylic acids is 1. The zero-order valence-electron chi connectivity index (χ0n) is 9.32. The molecular formula is C10H16N2O3. The highest BCUT2D eigenvalue weighted by molar-refractivity contribution is 5.83. The maximum absolute atomic E-state index is 11.2. The number of hydrogen-bond acceptors (Lipinski definition) is 4. The Morgan fingerprint density at radius 2 is 1.93 bits per heavy atom. The van der Waals surface area contributed by atoms with Crippen molar-refractivity contribution in [1.82, 2.24) is 0 Å². The molecule has 5 nitrogen and oxygen atoms in total. The highest BCUT2D eigenvalue weighted by Gasteiger charge is 2.24. The Bertz CT molecular complexity index is 268. The van der Waals surface area contributed by atoms with Crippen LogP contribution in [0.25, 0.3) is 4.85 Å². The SMILES string of the molecule is [C-]#[N+]C(/N=C(\CC)OCC)C(=O)OCC. The standard InChI is InChI=1S/C10H16N2O3/c1-5-8(14-6-2)12-9(11-4)10(13)15-7-3/h9H,5-7H2,1-3H3/b12-8+. The van der Waals surface area contributed by atoms with Crippen LogP contribution in [0.5, 0.6) is 0 Å². The lowest BCUT2D eigenvalue weighted by atomic mass is 10.4. The Labute approximate surface area is 89.9 Å². The molecule has 0 spiro atoms. The minimum absolute atomic E-state index is 0.246. The van der Waals surface area contributed by atoms with Crippen LogP contribution < -0.4 is 0 Å². The van der Waals surface area contributed by atoms with Gasteiger partial charge in [0.1, 0.15) is 0 Å². The van der Waals surface area contributed by atoms with Gasteiger partial charge in [0.15, 0.2) is 5.90 Å². The topological polar surface area (TPSA) is 52.2 Å². The average molecular weight is 212 g/mol. The van der Waals surface area contributed by atoms with E-state index in [0.717, 1.165) is 0 Å². The first-order chi connectivity index (χ1) is 7.19. The normalized spacial score (nSPS) is 12.8. The van der Waals surface area contributed by atoms with Gasteiger partial charge in [-0.1, -0.05) is 6.92 Å². The van der Waals surface area contributed by atoms with Crippen molar-refractivity contribution in [3.8, 4) is 0 Å². The summed E-state index contributed by atoms with van der Waals surface area (Å²) in [5.41, 5.74) is 0. The predicted molar refractivity (Wildman–Crippen MR) is 56.4 cm³/mol. The molecule has 1 atom stereocenters. The molecule has 0 aliphatic rings. The van der Waals surface area contributed by atoms with E-state index in [9.17, 15) is 4.79 Å². The van der Waals surface area contributed by atoms with Gasteiger partial charge in [-0.2, -0.15) is 4.99 Å². The van der Waals surface area contributed by atoms with E-state index in [-0.39, 0.29) is 6.61 Å². The minimum Gasteiger partial charge on any atom is -0.481 e. The van der Waals surface area contributed by atoms with Gasteiger partial charge in [-0.3, -0.25) is 4.85 Å². The fraction of sp³-hybridized carbons (Fsp3) is 0.700. The van der Waals surface area contributed by atoms with Crippen molar-refractivity contribution < 1.29 is 14.3 Å². The van der Waals surface area contributed by atoms with Gasteiger partial charge in [-0.15, -0.1) is 0 Å². The molecule has 0 rings (SSSR count). The lowest BCUT2D eigenvalue weighted by molar-refractivity contribution is -0.143. The van der Waals surface area contributed by atoms with Crippen molar-refractivity contribution in [2.45, 2.75) is 33.4 Å². The van der Waals surface area contributed by atoms with E-state index in [1.165, 1.54) is 0 Å². The molecule has 0 fully saturated rings. The Kier molecular flexibility index (Phi) is 6.98. The number of nitrogens with zero attached hydrogens (tertiary/aromatic N) is 2. The first kappa shape index (κ1) is 13.4. The number of hydrogen-bond donors (Lipinski definition) is 0. The summed E-state index contributed by atoms with van der Waals surface area (Å²) >= 11 is 0. The first-order valence-corrected chi connectivity index (χ1v) is 4.92. The number of esters is 1. The summed E-state index contributed by atoms with van der Waals surface area (Å²) in [7, 11) is 0. The van der Waals surface area contributed by atoms with Crippen LogP contribution >= 0.6 is 0 Å². The van der Waals surface area contributed by atoms with Crippen molar-refractivity contribution in [2.75, 3.05) is 13.2 Å². The van der Waals surface area contributed by atoms with E-state index >= 15 is 0 Å². The van der Waals surface area contributed by atoms with Gasteiger partial charge < -0.3 is 9.47 Å². The number of carbonyl (C=O) groups is 1. The number of aliphatic imine (C=N–C) groups is 1. The van der Waals surface area contributed by atoms with Crippen LogP contribution in [-0.4, -0.2) is 31.2 Å². The fourth-order valence-electron chi connectivity index (χ4n) is 0.885. The third kappa shape index (κ3) is 5.01. The zero-order chi connectivity index (χ0) is 11.7. The molecular weight excluding hydrogens is 196 g/mol. The second kappa shape index (κ2) is 7.80. The molecule has 5 heteroatoms. The van der Waals surface area contributed by atoms with Gasteiger partial charge in [0.05, 0.1) is 13.2 Å². The summed E-state index contributed by atoms with van der Waals surface area (Å²) in [6.45, 7) is 12.9. The van der Waals surface area contributed by atoms with E-state index in [1.54, 1.807) is 6.92 Å². The highest BCUT2D eigenvalue weighted by Crippen LogP contribution is 2.01. The lowest BCUT2D eigenvalue weighted by Gasteiger charge is -2.05. The molecule has 0 saturated heterocycles. The van der Waals surface area contributed by atoms with Crippen LogP contribution in [0.4, 0.5) is 0 Å². The molecule has 84 valence electrons. The van der Waals surface area contributed by atoms with Crippen molar-refractivity contribution in [2.24, 2.45) is 4.99 Å². The molecule has 0 saturated carbocycles. The lowest BCUT2D eigenvalue weighted by Crippen LogP contribution is -2.20. The Balaban J connectivity index is 4.54. The van der Waals surface area contributed by atoms with Crippen LogP contribution in [0.3, 0.4) is 0 Å². The monoisotopic (exact) mass is 212 g/mol. The van der Waals surface area contributed by atoms with Gasteiger partial charge in [0, 0.05) is 6.42 Å². The minimum atomic E-state index is -1.13. The van der Waals surface area contributed by atoms with E-state index in [2.05, 4.69) is 9.84 Å². The molecule has 15 heavy (non-hydrogen) atoms. The van der Waals surface area contributed by atoms with E-state index in [1.807, 2.05) is 13.8 Å². The first-order valence-electron chi connectivity index (χ1n) is 4.92. The summed E-state index contributed by atoms with van der Waals surface area (Å²) in [5, 5.41) is 0. The molecule has 0 aliphatic heterocycles. The average Bonchev–Trinajstić information content (AvgIpc) is 2.24. The molecule has 0 N–H and O–H groups in total. The van der Waals surface area contributed by atoms with Gasteiger partial charge in [0.2, 0.25) is 0 Å². The van der Waals surface area contributed by atoms with Gasteiger partial charge in [-0.25, -0.2) is 11.4 Å². The van der Waals surface area contributed by atoms with Gasteiger partial charge in [-0.05, 0) is 13.8 Å². The van der Waals surface area contributed by atoms with Crippen LogP contribution in [0.1, 0.15) is 27.2 Å². The van der Waals surface area contributed by atoms with E-state index in [0.29, 0.717) is 18.9 Å². The highest BCUT2D eigenvalue weighted by atomic mass is 16.5. The Morgan fingerprint density at radius 1 is 1.33 bits per heavy atom. The molecule has 0 aromatic rings. The van der Waals surface area contributed by atoms with Gasteiger partial charge >= 0.3 is 12.1 Å². The smallest absolute Gasteiger partial charge is 0.415 e. The molecule has 0 heterocycles. The van der Waals surface area contributed by atoms with Crippen molar-refractivity contribution >= 4 is 11.9 Å². The second-order valence-electron chi connectivity index (χ2n) is 2.56. The quantitative estimate of drug-likeness (QED) is 0.301. The molecule has 0 aliphatic carbocycles. The third-order valence-electron chi connectivity index (χ3n) is 1.50. The summed E-state index contributed by atoms with van der Waals surface area (Å²) in [5.74, 6) is -0.218. The summed E-state index contributed by atoms with van der Waals surface area (Å²) in [4.78, 5) is 18.2.